The van der Waals surface area contributed by atoms with Crippen molar-refractivity contribution >= 4 is 17.7 Å². The molecule has 6 nitrogen and oxygen atoms in total. The number of fused-ring (bicyclic) bond motifs is 5. The Labute approximate surface area is 181 Å². The van der Waals surface area contributed by atoms with Crippen LogP contribution in [0.15, 0.2) is 23.8 Å². The van der Waals surface area contributed by atoms with Crippen LogP contribution in [0.5, 0.6) is 0 Å². The number of hydrogen-bond acceptors (Lipinski definition) is 6. The molecule has 2 heterocycles. The first-order chi connectivity index (χ1) is 16.5. The van der Waals surface area contributed by atoms with Crippen molar-refractivity contribution in [1.82, 2.24) is 0 Å². The molecule has 0 aromatic carbocycles. The van der Waals surface area contributed by atoms with Crippen molar-refractivity contribution in [3.8, 4) is 0 Å². The first-order valence-electron chi connectivity index (χ1n) is 13.6. The third kappa shape index (κ3) is 3.79. The smallest absolute Gasteiger partial charge is 0.341 e. The van der Waals surface area contributed by atoms with E-state index in [1.54, 1.807) is 13.0 Å². The topological polar surface area (TPSA) is 89.9 Å². The molecular weight excluding hydrogens is 372 g/mol. The predicted molar refractivity (Wildman–Crippen MR) is 104 cm³/mol. The Morgan fingerprint density at radius 3 is 2.79 bits per heavy atom. The number of carbonyl (C=O) groups excluding carboxylic acids is 3. The summed E-state index contributed by atoms with van der Waals surface area (Å²) in [7, 11) is 0. The second kappa shape index (κ2) is 7.71. The third-order valence-corrected chi connectivity index (χ3v) is 6.74. The second-order valence-corrected chi connectivity index (χ2v) is 8.69. The number of carbonyl (C=O) groups is 3. The van der Waals surface area contributed by atoms with Crippen LogP contribution in [0.1, 0.15) is 55.9 Å². The van der Waals surface area contributed by atoms with Gasteiger partial charge in [-0.3, -0.25) is 9.59 Å². The summed E-state index contributed by atoms with van der Waals surface area (Å²) in [4.78, 5) is 38.2. The Kier molecular flexibility index (Phi) is 3.55. The van der Waals surface area contributed by atoms with Gasteiger partial charge in [0.05, 0.1) is 17.6 Å². The van der Waals surface area contributed by atoms with E-state index in [1.165, 1.54) is 0 Å². The van der Waals surface area contributed by atoms with E-state index in [1.807, 2.05) is 12.2 Å². The van der Waals surface area contributed by atoms with Gasteiger partial charge in [-0.15, -0.1) is 0 Å². The Morgan fingerprint density at radius 1 is 1.28 bits per heavy atom. The molecule has 5 aliphatic rings. The molecule has 3 aliphatic carbocycles. The number of ketones is 1. The maximum Gasteiger partial charge on any atom is 0.341 e. The number of allylic oxidation sites excluding steroid dienone is 2. The molecule has 1 N–H and O–H groups in total. The van der Waals surface area contributed by atoms with E-state index in [4.69, 9.17) is 19.1 Å². The normalized spacial score (nSPS) is 48.1. The zero-order valence-electron chi connectivity index (χ0n) is 23.2. The highest BCUT2D eigenvalue weighted by Crippen LogP contribution is 2.50. The van der Waals surface area contributed by atoms with Gasteiger partial charge in [-0.05, 0) is 36.5 Å². The van der Waals surface area contributed by atoms with Gasteiger partial charge in [0.2, 0.25) is 0 Å². The van der Waals surface area contributed by atoms with Crippen molar-refractivity contribution in [3.05, 3.63) is 23.8 Å². The number of ether oxygens (including phenoxy) is 2. The van der Waals surface area contributed by atoms with Gasteiger partial charge in [0.15, 0.2) is 5.78 Å². The molecule has 0 spiro atoms. The molecule has 158 valence electrons. The monoisotopic (exact) mass is 409 g/mol. The number of aliphatic hydroxyl groups is 1. The van der Waals surface area contributed by atoms with Crippen LogP contribution >= 0.6 is 0 Å². The van der Waals surface area contributed by atoms with Crippen LogP contribution in [0.2, 0.25) is 0 Å². The lowest BCUT2D eigenvalue weighted by Crippen LogP contribution is -2.40. The standard InChI is InChI=1S/C23H30O6/c1-11(2)22(26)29-21-12(3)6-18-16(21)5-4-13-7-14(24)8-15-9-20(25)19(10-17(13)18)23(27)28-15/h4-5,10-18,21,24H,6-9H2,1-3H3/b19-10-/t12-,13+,14+,15+,16-,17-,18-,21-/m1/s1/i1D3,2D3,11D. The molecule has 8 atom stereocenters. The van der Waals surface area contributed by atoms with Crippen molar-refractivity contribution in [1.29, 1.82) is 0 Å². The Hall–Kier alpha value is -1.95. The predicted octanol–water partition coefficient (Wildman–Crippen LogP) is 2.59. The molecule has 1 saturated carbocycles. The van der Waals surface area contributed by atoms with Crippen LogP contribution in [-0.4, -0.2) is 41.1 Å². The van der Waals surface area contributed by atoms with Crippen LogP contribution in [0, 0.1) is 35.5 Å². The van der Waals surface area contributed by atoms with Gasteiger partial charge >= 0.3 is 11.9 Å². The van der Waals surface area contributed by atoms with E-state index in [9.17, 15) is 19.5 Å². The van der Waals surface area contributed by atoms with Crippen LogP contribution in [0.4, 0.5) is 0 Å². The largest absolute Gasteiger partial charge is 0.461 e. The first-order valence-corrected chi connectivity index (χ1v) is 10.1. The summed E-state index contributed by atoms with van der Waals surface area (Å²) in [6, 6.07) is 0. The van der Waals surface area contributed by atoms with Crippen molar-refractivity contribution < 1.29 is 38.6 Å². The van der Waals surface area contributed by atoms with E-state index in [2.05, 4.69) is 0 Å². The summed E-state index contributed by atoms with van der Waals surface area (Å²) in [6.07, 6.45) is 3.92. The Morgan fingerprint density at radius 2 is 2.07 bits per heavy atom. The number of aliphatic hydroxyl groups excluding tert-OH is 1. The maximum atomic E-state index is 12.9. The van der Waals surface area contributed by atoms with Crippen LogP contribution in [0.25, 0.3) is 0 Å². The minimum absolute atomic E-state index is 0.00240. The molecular formula is C23H30O6. The molecule has 0 amide bonds. The van der Waals surface area contributed by atoms with Crippen LogP contribution in [-0.2, 0) is 23.9 Å². The molecule has 29 heavy (non-hydrogen) atoms. The number of Topliss-reactive ketones (excluding diaryl/α,β-unsaturated/α-hetero) is 1. The van der Waals surface area contributed by atoms with E-state index < -0.39 is 55.8 Å². The summed E-state index contributed by atoms with van der Waals surface area (Å²) in [5.41, 5.74) is -0.0326. The van der Waals surface area contributed by atoms with Crippen molar-refractivity contribution in [2.45, 2.75) is 64.6 Å². The van der Waals surface area contributed by atoms with Crippen molar-refractivity contribution in [2.75, 3.05) is 0 Å². The lowest BCUT2D eigenvalue weighted by molar-refractivity contribution is -0.156. The summed E-state index contributed by atoms with van der Waals surface area (Å²) < 4.78 is 64.3. The minimum Gasteiger partial charge on any atom is -0.461 e. The Balaban J connectivity index is 1.67. The second-order valence-electron chi connectivity index (χ2n) is 8.69. The molecule has 1 saturated heterocycles. The fourth-order valence-corrected chi connectivity index (χ4v) is 5.47. The van der Waals surface area contributed by atoms with Gasteiger partial charge in [0.1, 0.15) is 12.2 Å². The van der Waals surface area contributed by atoms with Gasteiger partial charge in [-0.25, -0.2) is 4.79 Å². The highest BCUT2D eigenvalue weighted by molar-refractivity contribution is 6.18. The molecule has 2 aliphatic heterocycles. The lowest BCUT2D eigenvalue weighted by Gasteiger charge is -2.39. The maximum absolute atomic E-state index is 12.9. The quantitative estimate of drug-likeness (QED) is 0.428. The van der Waals surface area contributed by atoms with E-state index in [0.717, 1.165) is 0 Å². The SMILES string of the molecule is [2H]C([2H])([2H])C([2H])(C(=O)O[C@H]1[C@@H]2C=C[C@H]3C[C@H](O)C[C@H]4CC(=O)/C(=C/[C@H]3[C@@H]2C[C@H]1C)C(=O)O4)C([2H])([2H])[2H]. The highest BCUT2D eigenvalue weighted by Gasteiger charge is 2.49. The summed E-state index contributed by atoms with van der Waals surface area (Å²) >= 11 is 0. The molecule has 0 radical (unpaired) electrons. The molecule has 0 aromatic heterocycles. The molecule has 6 heteroatoms. The minimum atomic E-state index is -3.45. The number of rotatable bonds is 2. The summed E-state index contributed by atoms with van der Waals surface area (Å²) in [6.45, 7) is -5.11. The number of esters is 2. The average molecular weight is 410 g/mol. The highest BCUT2D eigenvalue weighted by atomic mass is 16.5. The molecule has 2 bridgehead atoms. The molecule has 2 fully saturated rings. The zero-order chi connectivity index (χ0) is 26.8. The summed E-state index contributed by atoms with van der Waals surface area (Å²) in [5, 5.41) is 10.6. The van der Waals surface area contributed by atoms with Gasteiger partial charge in [0.25, 0.3) is 0 Å². The van der Waals surface area contributed by atoms with Gasteiger partial charge in [0, 0.05) is 28.4 Å². The van der Waals surface area contributed by atoms with E-state index in [-0.39, 0.29) is 47.9 Å². The first kappa shape index (κ1) is 13.4. The molecule has 5 rings (SSSR count). The third-order valence-electron chi connectivity index (χ3n) is 6.74. The van der Waals surface area contributed by atoms with E-state index >= 15 is 0 Å². The van der Waals surface area contributed by atoms with E-state index in [0.29, 0.717) is 12.8 Å². The van der Waals surface area contributed by atoms with Crippen LogP contribution < -0.4 is 0 Å². The Bertz CT molecular complexity index is 966. The zero-order valence-corrected chi connectivity index (χ0v) is 16.2. The lowest BCUT2D eigenvalue weighted by atomic mass is 9.68. The van der Waals surface area contributed by atoms with Crippen molar-refractivity contribution in [2.24, 2.45) is 35.5 Å². The molecule has 0 unspecified atom stereocenters. The summed E-state index contributed by atoms with van der Waals surface area (Å²) in [5.74, 6) is -7.72. The average Bonchev–Trinajstić information content (AvgIpc) is 3.04. The number of hydrogen-bond donors (Lipinski definition) is 1. The fraction of sp³-hybridized carbons (Fsp3) is 0.696. The molecule has 0 aromatic rings. The van der Waals surface area contributed by atoms with Gasteiger partial charge < -0.3 is 14.6 Å². The van der Waals surface area contributed by atoms with Gasteiger partial charge in [-0.1, -0.05) is 38.9 Å². The van der Waals surface area contributed by atoms with Crippen molar-refractivity contribution in [3.63, 3.8) is 0 Å². The van der Waals surface area contributed by atoms with Gasteiger partial charge in [-0.2, -0.15) is 0 Å². The fourth-order valence-electron chi connectivity index (χ4n) is 5.47. The van der Waals surface area contributed by atoms with Crippen LogP contribution in [0.3, 0.4) is 0 Å².